The van der Waals surface area contributed by atoms with Crippen molar-refractivity contribution >= 4 is 33.2 Å². The quantitative estimate of drug-likeness (QED) is 0.668. The Bertz CT molecular complexity index is 705. The Balaban J connectivity index is 1.94. The molecule has 0 aliphatic rings. The Morgan fingerprint density at radius 3 is 2.67 bits per heavy atom. The van der Waals surface area contributed by atoms with Crippen molar-refractivity contribution in [1.82, 2.24) is 14.7 Å². The Morgan fingerprint density at radius 2 is 2.08 bits per heavy atom. The van der Waals surface area contributed by atoms with E-state index in [-0.39, 0.29) is 5.91 Å². The van der Waals surface area contributed by atoms with Crippen LogP contribution in [0.2, 0.25) is 0 Å². The number of hydrogen-bond acceptors (Lipinski definition) is 3. The summed E-state index contributed by atoms with van der Waals surface area (Å²) in [5, 5.41) is 4.63. The molecule has 0 aromatic carbocycles. The lowest BCUT2D eigenvalue weighted by atomic mass is 10.1. The zero-order chi connectivity index (χ0) is 17.9. The van der Waals surface area contributed by atoms with Crippen molar-refractivity contribution in [2.45, 2.75) is 53.6 Å². The molecule has 2 rings (SSSR count). The first-order valence-corrected chi connectivity index (χ1v) is 9.90. The van der Waals surface area contributed by atoms with Gasteiger partial charge in [-0.1, -0.05) is 13.8 Å². The van der Waals surface area contributed by atoms with Crippen molar-refractivity contribution < 1.29 is 4.79 Å². The lowest BCUT2D eigenvalue weighted by Crippen LogP contribution is -2.26. The molecule has 0 unspecified atom stereocenters. The van der Waals surface area contributed by atoms with Crippen LogP contribution in [0.1, 0.15) is 42.1 Å². The van der Waals surface area contributed by atoms with Crippen LogP contribution in [0.3, 0.4) is 0 Å². The number of rotatable bonds is 7. The van der Waals surface area contributed by atoms with Crippen LogP contribution in [0.4, 0.5) is 0 Å². The molecule has 0 radical (unpaired) electrons. The monoisotopic (exact) mass is 411 g/mol. The minimum Gasteiger partial charge on any atom is -0.341 e. The van der Waals surface area contributed by atoms with E-state index in [1.807, 2.05) is 24.9 Å². The smallest absolute Gasteiger partial charge is 0.222 e. The van der Waals surface area contributed by atoms with Gasteiger partial charge in [0, 0.05) is 30.6 Å². The highest BCUT2D eigenvalue weighted by atomic mass is 79.9. The van der Waals surface area contributed by atoms with E-state index in [4.69, 9.17) is 0 Å². The molecule has 1 amide bonds. The third kappa shape index (κ3) is 4.93. The molecule has 0 spiro atoms. The van der Waals surface area contributed by atoms with Gasteiger partial charge in [0.05, 0.1) is 16.0 Å². The normalized spacial score (nSPS) is 11.3. The zero-order valence-electron chi connectivity index (χ0n) is 15.1. The zero-order valence-corrected chi connectivity index (χ0v) is 17.5. The second-order valence-corrected chi connectivity index (χ2v) is 9.23. The van der Waals surface area contributed by atoms with Crippen LogP contribution in [-0.4, -0.2) is 27.6 Å². The number of halogens is 1. The Morgan fingerprint density at radius 1 is 1.38 bits per heavy atom. The van der Waals surface area contributed by atoms with E-state index in [0.717, 1.165) is 22.4 Å². The molecule has 6 heteroatoms. The van der Waals surface area contributed by atoms with Gasteiger partial charge in [0.15, 0.2) is 0 Å². The number of amides is 1. The van der Waals surface area contributed by atoms with Crippen molar-refractivity contribution in [2.75, 3.05) is 7.05 Å². The van der Waals surface area contributed by atoms with Gasteiger partial charge in [-0.3, -0.25) is 9.48 Å². The minimum atomic E-state index is 0.176. The van der Waals surface area contributed by atoms with E-state index in [1.165, 1.54) is 16.1 Å². The molecule has 0 atom stereocenters. The maximum Gasteiger partial charge on any atom is 0.222 e. The van der Waals surface area contributed by atoms with Gasteiger partial charge < -0.3 is 4.90 Å². The predicted octanol–water partition coefficient (Wildman–Crippen LogP) is 4.57. The summed E-state index contributed by atoms with van der Waals surface area (Å²) in [7, 11) is 1.87. The first-order valence-electron chi connectivity index (χ1n) is 8.29. The topological polar surface area (TPSA) is 38.1 Å². The Kier molecular flexibility index (Phi) is 6.63. The molecule has 24 heavy (non-hydrogen) atoms. The first-order chi connectivity index (χ1) is 11.3. The van der Waals surface area contributed by atoms with Gasteiger partial charge in [0.1, 0.15) is 0 Å². The summed E-state index contributed by atoms with van der Waals surface area (Å²) in [5.41, 5.74) is 3.46. The molecule has 2 aromatic heterocycles. The van der Waals surface area contributed by atoms with Crippen LogP contribution < -0.4 is 0 Å². The summed E-state index contributed by atoms with van der Waals surface area (Å²) in [6, 6.07) is 4.08. The van der Waals surface area contributed by atoms with E-state index in [1.54, 1.807) is 11.3 Å². The Hall–Kier alpha value is -1.14. The standard InChI is InChI=1S/C18H26BrN3OS/c1-12(2)10-22-14(4)16(13(3)20-22)7-9-18(23)21(5)11-15-6-8-17(19)24-15/h6,8,12H,7,9-11H2,1-5H3. The summed E-state index contributed by atoms with van der Waals surface area (Å²) in [4.78, 5) is 15.4. The van der Waals surface area contributed by atoms with Crippen molar-refractivity contribution in [3.63, 3.8) is 0 Å². The fourth-order valence-corrected chi connectivity index (χ4v) is 4.34. The summed E-state index contributed by atoms with van der Waals surface area (Å²) in [6.07, 6.45) is 1.28. The molecule has 0 aliphatic carbocycles. The molecule has 0 saturated heterocycles. The van der Waals surface area contributed by atoms with Crippen LogP contribution in [0.25, 0.3) is 0 Å². The number of thiophene rings is 1. The van der Waals surface area contributed by atoms with E-state index in [9.17, 15) is 4.79 Å². The molecule has 4 nitrogen and oxygen atoms in total. The second kappa shape index (κ2) is 8.30. The molecule has 2 heterocycles. The third-order valence-corrected chi connectivity index (χ3v) is 5.71. The van der Waals surface area contributed by atoms with Gasteiger partial charge in [-0.2, -0.15) is 5.10 Å². The van der Waals surface area contributed by atoms with Crippen molar-refractivity contribution in [2.24, 2.45) is 5.92 Å². The number of aromatic nitrogens is 2. The van der Waals surface area contributed by atoms with E-state index >= 15 is 0 Å². The fraction of sp³-hybridized carbons (Fsp3) is 0.556. The lowest BCUT2D eigenvalue weighted by molar-refractivity contribution is -0.130. The maximum atomic E-state index is 12.4. The Labute approximate surface area is 157 Å². The molecular weight excluding hydrogens is 386 g/mol. The van der Waals surface area contributed by atoms with Crippen LogP contribution >= 0.6 is 27.3 Å². The average Bonchev–Trinajstić information content (AvgIpc) is 3.01. The average molecular weight is 412 g/mol. The second-order valence-electron chi connectivity index (χ2n) is 6.68. The van der Waals surface area contributed by atoms with Crippen LogP contribution in [-0.2, 0) is 24.3 Å². The van der Waals surface area contributed by atoms with Crippen LogP contribution in [0, 0.1) is 19.8 Å². The highest BCUT2D eigenvalue weighted by Crippen LogP contribution is 2.23. The number of nitrogens with zero attached hydrogens (tertiary/aromatic N) is 3. The number of aryl methyl sites for hydroxylation is 1. The lowest BCUT2D eigenvalue weighted by Gasteiger charge is -2.16. The van der Waals surface area contributed by atoms with E-state index in [0.29, 0.717) is 18.9 Å². The molecule has 0 N–H and O–H groups in total. The van der Waals surface area contributed by atoms with Gasteiger partial charge in [0.2, 0.25) is 5.91 Å². The molecule has 0 aliphatic heterocycles. The predicted molar refractivity (Wildman–Crippen MR) is 103 cm³/mol. The molecule has 2 aromatic rings. The molecule has 132 valence electrons. The summed E-state index contributed by atoms with van der Waals surface area (Å²) >= 11 is 5.13. The minimum absolute atomic E-state index is 0.176. The molecule has 0 fully saturated rings. The van der Waals surface area contributed by atoms with E-state index < -0.39 is 0 Å². The van der Waals surface area contributed by atoms with Gasteiger partial charge in [-0.05, 0) is 59.8 Å². The van der Waals surface area contributed by atoms with Gasteiger partial charge in [0.25, 0.3) is 0 Å². The third-order valence-electron chi connectivity index (χ3n) is 4.11. The first kappa shape index (κ1) is 19.2. The van der Waals surface area contributed by atoms with Crippen molar-refractivity contribution in [1.29, 1.82) is 0 Å². The SMILES string of the molecule is Cc1nn(CC(C)C)c(C)c1CCC(=O)N(C)Cc1ccc(Br)s1. The summed E-state index contributed by atoms with van der Waals surface area (Å²) < 4.78 is 3.18. The highest BCUT2D eigenvalue weighted by molar-refractivity contribution is 9.11. The van der Waals surface area contributed by atoms with Crippen LogP contribution in [0.5, 0.6) is 0 Å². The fourth-order valence-electron chi connectivity index (χ4n) is 2.80. The summed E-state index contributed by atoms with van der Waals surface area (Å²) in [6.45, 7) is 10.1. The summed E-state index contributed by atoms with van der Waals surface area (Å²) in [5.74, 6) is 0.740. The number of carbonyl (C=O) groups is 1. The molecule has 0 bridgehead atoms. The maximum absolute atomic E-state index is 12.4. The molecule has 0 saturated carbocycles. The molecular formula is C18H26BrN3OS. The van der Waals surface area contributed by atoms with Crippen molar-refractivity contribution in [3.05, 3.63) is 37.7 Å². The van der Waals surface area contributed by atoms with Crippen LogP contribution in [0.15, 0.2) is 15.9 Å². The van der Waals surface area contributed by atoms with Gasteiger partial charge in [-0.15, -0.1) is 11.3 Å². The van der Waals surface area contributed by atoms with Gasteiger partial charge >= 0.3 is 0 Å². The van der Waals surface area contributed by atoms with Crippen molar-refractivity contribution in [3.8, 4) is 0 Å². The largest absolute Gasteiger partial charge is 0.341 e. The number of hydrogen-bond donors (Lipinski definition) is 0. The number of carbonyl (C=O) groups excluding carboxylic acids is 1. The van der Waals surface area contributed by atoms with E-state index in [2.05, 4.69) is 52.5 Å². The highest BCUT2D eigenvalue weighted by Gasteiger charge is 2.16. The van der Waals surface area contributed by atoms with Gasteiger partial charge in [-0.25, -0.2) is 0 Å².